The first-order valence-corrected chi connectivity index (χ1v) is 9.35. The van der Waals surface area contributed by atoms with Crippen molar-refractivity contribution in [3.05, 3.63) is 29.8 Å². The van der Waals surface area contributed by atoms with E-state index in [1.165, 1.54) is 38.4 Å². The fourth-order valence-electron chi connectivity index (χ4n) is 2.62. The van der Waals surface area contributed by atoms with Gasteiger partial charge in [-0.2, -0.15) is 0 Å². The van der Waals surface area contributed by atoms with Crippen molar-refractivity contribution in [3.8, 4) is 0 Å². The monoisotopic (exact) mass is 353 g/mol. The zero-order chi connectivity index (χ0) is 17.7. The van der Waals surface area contributed by atoms with Crippen LogP contribution in [0.25, 0.3) is 0 Å². The lowest BCUT2D eigenvalue weighted by Crippen LogP contribution is -2.41. The molecule has 1 saturated carbocycles. The first-order chi connectivity index (χ1) is 11.3. The van der Waals surface area contributed by atoms with Gasteiger partial charge in [0.05, 0.1) is 11.4 Å². The minimum absolute atomic E-state index is 0.0376. The van der Waals surface area contributed by atoms with Gasteiger partial charge < -0.3 is 10.6 Å². The lowest BCUT2D eigenvalue weighted by atomic mass is 10.2. The minimum Gasteiger partial charge on any atom is -0.352 e. The molecule has 0 radical (unpaired) electrons. The molecule has 2 N–H and O–H groups in total. The van der Waals surface area contributed by atoms with Crippen molar-refractivity contribution in [1.29, 1.82) is 0 Å². The highest BCUT2D eigenvalue weighted by Gasteiger charge is 2.20. The molecule has 1 aliphatic rings. The van der Waals surface area contributed by atoms with Crippen LogP contribution in [0, 0.1) is 0 Å². The van der Waals surface area contributed by atoms with Crippen LogP contribution in [0.15, 0.2) is 29.2 Å². The number of carbonyl (C=O) groups is 2. The zero-order valence-corrected chi connectivity index (χ0v) is 14.7. The molecule has 0 aliphatic heterocycles. The number of nitrogens with zero attached hydrogens (tertiary/aromatic N) is 1. The average molecular weight is 353 g/mol. The number of benzene rings is 1. The van der Waals surface area contributed by atoms with Crippen LogP contribution in [-0.2, 0) is 14.8 Å². The van der Waals surface area contributed by atoms with Gasteiger partial charge in [-0.15, -0.1) is 0 Å². The Bertz CT molecular complexity index is 710. The van der Waals surface area contributed by atoms with Crippen molar-refractivity contribution >= 4 is 21.8 Å². The quantitative estimate of drug-likeness (QED) is 0.788. The van der Waals surface area contributed by atoms with Gasteiger partial charge in [-0.05, 0) is 31.0 Å². The molecule has 0 unspecified atom stereocenters. The molecule has 8 heteroatoms. The number of rotatable bonds is 6. The third kappa shape index (κ3) is 4.55. The van der Waals surface area contributed by atoms with Crippen LogP contribution in [0.4, 0.5) is 0 Å². The van der Waals surface area contributed by atoms with E-state index in [0.29, 0.717) is 0 Å². The van der Waals surface area contributed by atoms with E-state index in [4.69, 9.17) is 0 Å². The number of amides is 2. The number of sulfonamides is 1. The fraction of sp³-hybridized carbons (Fsp3) is 0.500. The van der Waals surface area contributed by atoms with E-state index in [1.54, 1.807) is 0 Å². The second-order valence-corrected chi connectivity index (χ2v) is 8.20. The SMILES string of the molecule is CN(C)S(=O)(=O)c1cccc(C(=O)NCC(=O)NC2CCCC2)c1. The van der Waals surface area contributed by atoms with Crippen LogP contribution in [0.2, 0.25) is 0 Å². The molecule has 132 valence electrons. The molecule has 2 rings (SSSR count). The first kappa shape index (κ1) is 18.4. The second kappa shape index (κ2) is 7.76. The number of nitrogens with one attached hydrogen (secondary N) is 2. The molecule has 0 aromatic heterocycles. The molecule has 7 nitrogen and oxygen atoms in total. The van der Waals surface area contributed by atoms with Crippen LogP contribution in [-0.4, -0.2) is 51.2 Å². The van der Waals surface area contributed by atoms with Crippen molar-refractivity contribution in [2.45, 2.75) is 36.6 Å². The van der Waals surface area contributed by atoms with E-state index in [-0.39, 0.29) is 29.0 Å². The number of carbonyl (C=O) groups excluding carboxylic acids is 2. The Balaban J connectivity index is 1.96. The Morgan fingerprint density at radius 3 is 2.50 bits per heavy atom. The highest BCUT2D eigenvalue weighted by atomic mass is 32.2. The van der Waals surface area contributed by atoms with Gasteiger partial charge >= 0.3 is 0 Å². The number of hydrogen-bond acceptors (Lipinski definition) is 4. The Hall–Kier alpha value is -1.93. The van der Waals surface area contributed by atoms with Crippen LogP contribution >= 0.6 is 0 Å². The highest BCUT2D eigenvalue weighted by molar-refractivity contribution is 7.89. The number of hydrogen-bond donors (Lipinski definition) is 2. The maximum absolute atomic E-state index is 12.1. The van der Waals surface area contributed by atoms with E-state index in [2.05, 4.69) is 10.6 Å². The summed E-state index contributed by atoms with van der Waals surface area (Å²) in [4.78, 5) is 24.0. The molecule has 0 saturated heterocycles. The van der Waals surface area contributed by atoms with E-state index in [0.717, 1.165) is 30.0 Å². The van der Waals surface area contributed by atoms with Crippen LogP contribution in [0.5, 0.6) is 0 Å². The predicted molar refractivity (Wildman–Crippen MR) is 90.0 cm³/mol. The summed E-state index contributed by atoms with van der Waals surface area (Å²) in [5.41, 5.74) is 0.201. The molecule has 1 aromatic carbocycles. The van der Waals surface area contributed by atoms with Gasteiger partial charge in [0.15, 0.2) is 0 Å². The van der Waals surface area contributed by atoms with Crippen LogP contribution < -0.4 is 10.6 Å². The Labute approximate surface area is 142 Å². The Morgan fingerprint density at radius 1 is 1.21 bits per heavy atom. The summed E-state index contributed by atoms with van der Waals surface area (Å²) in [7, 11) is -0.754. The standard InChI is InChI=1S/C16H23N3O4S/c1-19(2)24(22,23)14-9-5-6-12(10-14)16(21)17-11-15(20)18-13-7-3-4-8-13/h5-6,9-10,13H,3-4,7-8,11H2,1-2H3,(H,17,21)(H,18,20). The lowest BCUT2D eigenvalue weighted by Gasteiger charge is -2.13. The average Bonchev–Trinajstić information content (AvgIpc) is 3.05. The maximum Gasteiger partial charge on any atom is 0.251 e. The third-order valence-electron chi connectivity index (χ3n) is 4.00. The summed E-state index contributed by atoms with van der Waals surface area (Å²) in [6.45, 7) is -0.125. The lowest BCUT2D eigenvalue weighted by molar-refractivity contribution is -0.120. The predicted octanol–water partition coefficient (Wildman–Crippen LogP) is 0.726. The van der Waals surface area contributed by atoms with Gasteiger partial charge in [-0.25, -0.2) is 12.7 Å². The molecule has 0 spiro atoms. The molecule has 1 aliphatic carbocycles. The summed E-state index contributed by atoms with van der Waals surface area (Å²) < 4.78 is 25.3. The molecule has 0 atom stereocenters. The van der Waals surface area contributed by atoms with E-state index >= 15 is 0 Å². The van der Waals surface area contributed by atoms with E-state index in [1.807, 2.05) is 0 Å². The molecular weight excluding hydrogens is 330 g/mol. The molecule has 24 heavy (non-hydrogen) atoms. The highest BCUT2D eigenvalue weighted by Crippen LogP contribution is 2.17. The van der Waals surface area contributed by atoms with Gasteiger partial charge in [0.1, 0.15) is 0 Å². The van der Waals surface area contributed by atoms with Gasteiger partial charge in [0.25, 0.3) is 5.91 Å². The normalized spacial score (nSPS) is 15.5. The van der Waals surface area contributed by atoms with Crippen LogP contribution in [0.3, 0.4) is 0 Å². The summed E-state index contributed by atoms with van der Waals surface area (Å²) in [5, 5.41) is 5.40. The third-order valence-corrected chi connectivity index (χ3v) is 5.82. The molecule has 0 bridgehead atoms. The van der Waals surface area contributed by atoms with Gasteiger partial charge in [-0.3, -0.25) is 9.59 Å². The largest absolute Gasteiger partial charge is 0.352 e. The molecule has 2 amide bonds. The van der Waals surface area contributed by atoms with Gasteiger partial charge in [0.2, 0.25) is 15.9 Å². The van der Waals surface area contributed by atoms with Gasteiger partial charge in [-0.1, -0.05) is 18.9 Å². The maximum atomic E-state index is 12.1. The van der Waals surface area contributed by atoms with Crippen LogP contribution in [0.1, 0.15) is 36.0 Å². The second-order valence-electron chi connectivity index (χ2n) is 6.05. The molecule has 1 fully saturated rings. The first-order valence-electron chi connectivity index (χ1n) is 7.91. The molecule has 1 aromatic rings. The van der Waals surface area contributed by atoms with Crippen molar-refractivity contribution in [2.24, 2.45) is 0 Å². The van der Waals surface area contributed by atoms with Crippen molar-refractivity contribution < 1.29 is 18.0 Å². The Morgan fingerprint density at radius 2 is 1.88 bits per heavy atom. The summed E-state index contributed by atoms with van der Waals surface area (Å²) >= 11 is 0. The fourth-order valence-corrected chi connectivity index (χ4v) is 3.57. The van der Waals surface area contributed by atoms with Crippen molar-refractivity contribution in [1.82, 2.24) is 14.9 Å². The zero-order valence-electron chi connectivity index (χ0n) is 13.9. The Kier molecular flexibility index (Phi) is 5.95. The van der Waals surface area contributed by atoms with Gasteiger partial charge in [0, 0.05) is 25.7 Å². The van der Waals surface area contributed by atoms with E-state index in [9.17, 15) is 18.0 Å². The van der Waals surface area contributed by atoms with E-state index < -0.39 is 15.9 Å². The smallest absolute Gasteiger partial charge is 0.251 e. The van der Waals surface area contributed by atoms with Crippen molar-refractivity contribution in [3.63, 3.8) is 0 Å². The molecule has 0 heterocycles. The minimum atomic E-state index is -3.61. The summed E-state index contributed by atoms with van der Waals surface area (Å²) in [5.74, 6) is -0.709. The summed E-state index contributed by atoms with van der Waals surface area (Å²) in [6.07, 6.45) is 4.18. The van der Waals surface area contributed by atoms with Crippen molar-refractivity contribution in [2.75, 3.05) is 20.6 Å². The summed E-state index contributed by atoms with van der Waals surface area (Å²) in [6, 6.07) is 5.95. The molecular formula is C16H23N3O4S. The topological polar surface area (TPSA) is 95.6 Å².